The third-order valence-electron chi connectivity index (χ3n) is 3.32. The van der Waals surface area contributed by atoms with E-state index >= 15 is 0 Å². The summed E-state index contributed by atoms with van der Waals surface area (Å²) in [5, 5.41) is 2.61. The number of carbonyl (C=O) groups is 1. The maximum atomic E-state index is 13.2. The summed E-state index contributed by atoms with van der Waals surface area (Å²) in [4.78, 5) is 12.2. The summed E-state index contributed by atoms with van der Waals surface area (Å²) in [7, 11) is -3.42. The first-order valence-corrected chi connectivity index (χ1v) is 8.63. The SMILES string of the molecule is C[C@@H](NC(=O)c1cccc(S(C)(=O)=O)c1)c1ccc(F)c(F)c1. The molecular weight excluding hydrogens is 324 g/mol. The second-order valence-electron chi connectivity index (χ2n) is 5.17. The number of benzene rings is 2. The number of hydrogen-bond donors (Lipinski definition) is 1. The number of halogens is 2. The van der Waals surface area contributed by atoms with Gasteiger partial charge in [0.1, 0.15) is 0 Å². The van der Waals surface area contributed by atoms with Gasteiger partial charge in [0.2, 0.25) is 0 Å². The van der Waals surface area contributed by atoms with Gasteiger partial charge in [-0.2, -0.15) is 0 Å². The van der Waals surface area contributed by atoms with E-state index in [0.29, 0.717) is 5.56 Å². The van der Waals surface area contributed by atoms with Gasteiger partial charge in [-0.15, -0.1) is 0 Å². The summed E-state index contributed by atoms with van der Waals surface area (Å²) in [6, 6.07) is 8.39. The molecule has 2 rings (SSSR count). The zero-order chi connectivity index (χ0) is 17.2. The molecule has 0 aromatic heterocycles. The Bertz CT molecular complexity index is 850. The van der Waals surface area contributed by atoms with Crippen LogP contribution in [0.4, 0.5) is 8.78 Å². The molecule has 0 aliphatic heterocycles. The molecule has 0 heterocycles. The molecule has 0 saturated carbocycles. The Morgan fingerprint density at radius 1 is 1.09 bits per heavy atom. The van der Waals surface area contributed by atoms with Crippen LogP contribution in [-0.4, -0.2) is 20.6 Å². The molecule has 0 radical (unpaired) electrons. The van der Waals surface area contributed by atoms with Gasteiger partial charge < -0.3 is 5.32 Å². The van der Waals surface area contributed by atoms with Gasteiger partial charge >= 0.3 is 0 Å². The molecule has 0 spiro atoms. The van der Waals surface area contributed by atoms with Crippen molar-refractivity contribution in [3.63, 3.8) is 0 Å². The van der Waals surface area contributed by atoms with Gasteiger partial charge in [-0.3, -0.25) is 4.79 Å². The molecule has 1 amide bonds. The molecule has 0 fully saturated rings. The summed E-state index contributed by atoms with van der Waals surface area (Å²) in [5.41, 5.74) is 0.568. The number of hydrogen-bond acceptors (Lipinski definition) is 3. The van der Waals surface area contributed by atoms with E-state index in [1.807, 2.05) is 0 Å². The lowest BCUT2D eigenvalue weighted by Crippen LogP contribution is -2.26. The molecule has 0 bridgehead atoms. The van der Waals surface area contributed by atoms with Gasteiger partial charge in [-0.1, -0.05) is 12.1 Å². The van der Waals surface area contributed by atoms with Crippen molar-refractivity contribution in [3.8, 4) is 0 Å². The van der Waals surface area contributed by atoms with Crippen LogP contribution in [0.25, 0.3) is 0 Å². The molecule has 122 valence electrons. The van der Waals surface area contributed by atoms with Gasteiger partial charge in [0.25, 0.3) is 5.91 Å². The highest BCUT2D eigenvalue weighted by Gasteiger charge is 2.15. The third kappa shape index (κ3) is 4.13. The Kier molecular flexibility index (Phi) is 4.79. The van der Waals surface area contributed by atoms with E-state index in [0.717, 1.165) is 18.4 Å². The van der Waals surface area contributed by atoms with E-state index < -0.39 is 33.4 Å². The topological polar surface area (TPSA) is 63.2 Å². The van der Waals surface area contributed by atoms with Crippen molar-refractivity contribution in [2.45, 2.75) is 17.9 Å². The van der Waals surface area contributed by atoms with E-state index in [2.05, 4.69) is 5.32 Å². The zero-order valence-corrected chi connectivity index (χ0v) is 13.3. The van der Waals surface area contributed by atoms with Crippen LogP contribution in [0, 0.1) is 11.6 Å². The quantitative estimate of drug-likeness (QED) is 0.932. The minimum absolute atomic E-state index is 0.0330. The second-order valence-corrected chi connectivity index (χ2v) is 7.18. The van der Waals surface area contributed by atoms with Crippen LogP contribution >= 0.6 is 0 Å². The summed E-state index contributed by atoms with van der Waals surface area (Å²) in [5.74, 6) is -2.47. The average Bonchev–Trinajstić information content (AvgIpc) is 2.49. The van der Waals surface area contributed by atoms with Gasteiger partial charge in [-0.25, -0.2) is 17.2 Å². The van der Waals surface area contributed by atoms with Crippen LogP contribution in [0.3, 0.4) is 0 Å². The molecule has 7 heteroatoms. The van der Waals surface area contributed by atoms with E-state index in [4.69, 9.17) is 0 Å². The van der Waals surface area contributed by atoms with Crippen LogP contribution in [0.15, 0.2) is 47.4 Å². The number of nitrogens with one attached hydrogen (secondary N) is 1. The molecule has 2 aromatic carbocycles. The summed E-state index contributed by atoms with van der Waals surface area (Å²) in [6.07, 6.45) is 1.05. The molecule has 0 saturated heterocycles. The Hall–Kier alpha value is -2.28. The van der Waals surface area contributed by atoms with Crippen LogP contribution in [-0.2, 0) is 9.84 Å². The number of sulfone groups is 1. The Morgan fingerprint density at radius 3 is 2.39 bits per heavy atom. The van der Waals surface area contributed by atoms with Crippen LogP contribution in [0.1, 0.15) is 28.9 Å². The first kappa shape index (κ1) is 17.1. The molecule has 2 aromatic rings. The highest BCUT2D eigenvalue weighted by atomic mass is 32.2. The van der Waals surface area contributed by atoms with Crippen molar-refractivity contribution >= 4 is 15.7 Å². The molecular formula is C16H15F2NO3S. The lowest BCUT2D eigenvalue weighted by molar-refractivity contribution is 0.0939. The highest BCUT2D eigenvalue weighted by Crippen LogP contribution is 2.17. The largest absolute Gasteiger partial charge is 0.346 e. The lowest BCUT2D eigenvalue weighted by atomic mass is 10.1. The minimum Gasteiger partial charge on any atom is -0.346 e. The van der Waals surface area contributed by atoms with Crippen molar-refractivity contribution in [1.29, 1.82) is 0 Å². The van der Waals surface area contributed by atoms with Gasteiger partial charge in [0.15, 0.2) is 21.5 Å². The van der Waals surface area contributed by atoms with Crippen molar-refractivity contribution in [2.75, 3.05) is 6.26 Å². The molecule has 4 nitrogen and oxygen atoms in total. The smallest absolute Gasteiger partial charge is 0.251 e. The maximum Gasteiger partial charge on any atom is 0.251 e. The third-order valence-corrected chi connectivity index (χ3v) is 4.43. The average molecular weight is 339 g/mol. The molecule has 1 N–H and O–H groups in total. The molecule has 0 aliphatic rings. The summed E-state index contributed by atoms with van der Waals surface area (Å²) in [6.45, 7) is 1.62. The predicted octanol–water partition coefficient (Wildman–Crippen LogP) is 2.86. The Labute approximate surface area is 133 Å². The standard InChI is InChI=1S/C16H15F2NO3S/c1-10(11-6-7-14(17)15(18)9-11)19-16(20)12-4-3-5-13(8-12)23(2,21)22/h3-10H,1-2H3,(H,19,20)/t10-/m1/s1. The summed E-state index contributed by atoms with van der Waals surface area (Å²) >= 11 is 0. The zero-order valence-electron chi connectivity index (χ0n) is 12.5. The minimum atomic E-state index is -3.42. The number of amides is 1. The van der Waals surface area contributed by atoms with Crippen LogP contribution in [0.2, 0.25) is 0 Å². The lowest BCUT2D eigenvalue weighted by Gasteiger charge is -2.15. The molecule has 23 heavy (non-hydrogen) atoms. The van der Waals surface area contributed by atoms with Crippen molar-refractivity contribution in [3.05, 3.63) is 65.2 Å². The predicted molar refractivity (Wildman–Crippen MR) is 81.8 cm³/mol. The fraction of sp³-hybridized carbons (Fsp3) is 0.188. The monoisotopic (exact) mass is 339 g/mol. The van der Waals surface area contributed by atoms with E-state index in [1.165, 1.54) is 30.3 Å². The van der Waals surface area contributed by atoms with Crippen LogP contribution in [0.5, 0.6) is 0 Å². The van der Waals surface area contributed by atoms with Gasteiger partial charge in [-0.05, 0) is 42.8 Å². The Balaban J connectivity index is 2.20. The number of rotatable bonds is 4. The van der Waals surface area contributed by atoms with Crippen molar-refractivity contribution in [1.82, 2.24) is 5.32 Å². The molecule has 0 aliphatic carbocycles. The van der Waals surface area contributed by atoms with Gasteiger partial charge in [0.05, 0.1) is 10.9 Å². The summed E-state index contributed by atoms with van der Waals surface area (Å²) < 4.78 is 49.2. The van der Waals surface area contributed by atoms with Crippen molar-refractivity contribution < 1.29 is 22.0 Å². The van der Waals surface area contributed by atoms with E-state index in [-0.39, 0.29) is 10.5 Å². The number of carbonyl (C=O) groups excluding carboxylic acids is 1. The van der Waals surface area contributed by atoms with E-state index in [9.17, 15) is 22.0 Å². The van der Waals surface area contributed by atoms with Crippen molar-refractivity contribution in [2.24, 2.45) is 0 Å². The van der Waals surface area contributed by atoms with Gasteiger partial charge in [0, 0.05) is 11.8 Å². The highest BCUT2D eigenvalue weighted by molar-refractivity contribution is 7.90. The normalized spacial score (nSPS) is 12.7. The molecule has 0 unspecified atom stereocenters. The fourth-order valence-corrected chi connectivity index (χ4v) is 2.68. The second kappa shape index (κ2) is 6.45. The van der Waals surface area contributed by atoms with E-state index in [1.54, 1.807) is 6.92 Å². The molecule has 1 atom stereocenters. The first-order chi connectivity index (χ1) is 10.7. The van der Waals surface area contributed by atoms with Crippen LogP contribution < -0.4 is 5.32 Å². The maximum absolute atomic E-state index is 13.2. The first-order valence-electron chi connectivity index (χ1n) is 6.74. The Morgan fingerprint density at radius 2 is 1.78 bits per heavy atom. The fourth-order valence-electron chi connectivity index (χ4n) is 2.01.